The Labute approximate surface area is 106 Å². The second-order valence-corrected chi connectivity index (χ2v) is 4.51. The Balaban J connectivity index is 1.76. The molecule has 0 radical (unpaired) electrons. The zero-order valence-electron chi connectivity index (χ0n) is 10.3. The summed E-state index contributed by atoms with van der Waals surface area (Å²) in [5, 5.41) is 2.73. The van der Waals surface area contributed by atoms with E-state index in [2.05, 4.69) is 5.32 Å². The fourth-order valence-electron chi connectivity index (χ4n) is 2.12. The maximum atomic E-state index is 13.3. The molecule has 0 saturated carbocycles. The molecule has 3 nitrogen and oxygen atoms in total. The predicted molar refractivity (Wildman–Crippen MR) is 66.9 cm³/mol. The highest BCUT2D eigenvalue weighted by Crippen LogP contribution is 2.15. The minimum absolute atomic E-state index is 0.0991. The van der Waals surface area contributed by atoms with Crippen molar-refractivity contribution in [1.82, 2.24) is 5.32 Å². The van der Waals surface area contributed by atoms with E-state index in [1.807, 2.05) is 0 Å². The summed E-state index contributed by atoms with van der Waals surface area (Å²) in [5.41, 5.74) is 0.0991. The number of hydrogen-bond acceptors (Lipinski definition) is 2. The van der Waals surface area contributed by atoms with Crippen LogP contribution in [-0.4, -0.2) is 25.2 Å². The fourth-order valence-corrected chi connectivity index (χ4v) is 2.12. The monoisotopic (exact) mass is 251 g/mol. The number of rotatable bonds is 4. The summed E-state index contributed by atoms with van der Waals surface area (Å²) in [6.07, 6.45) is 4.39. The van der Waals surface area contributed by atoms with Gasteiger partial charge in [-0.3, -0.25) is 4.79 Å². The number of carbonyl (C=O) groups is 1. The maximum Gasteiger partial charge on any atom is 0.254 e. The maximum absolute atomic E-state index is 13.3. The normalized spacial score (nSPS) is 19.5. The highest BCUT2D eigenvalue weighted by molar-refractivity contribution is 5.94. The molecule has 1 fully saturated rings. The molecule has 1 heterocycles. The van der Waals surface area contributed by atoms with Gasteiger partial charge in [-0.25, -0.2) is 4.39 Å². The summed E-state index contributed by atoms with van der Waals surface area (Å²) in [5.74, 6) is -0.840. The summed E-state index contributed by atoms with van der Waals surface area (Å²) >= 11 is 0. The highest BCUT2D eigenvalue weighted by Gasteiger charge is 2.15. The summed E-state index contributed by atoms with van der Waals surface area (Å²) < 4.78 is 18.9. The molecule has 98 valence electrons. The van der Waals surface area contributed by atoms with E-state index < -0.39 is 5.82 Å². The number of nitrogens with one attached hydrogen (secondary N) is 1. The van der Waals surface area contributed by atoms with Crippen molar-refractivity contribution in [2.24, 2.45) is 0 Å². The molecule has 4 heteroatoms. The number of hydrogen-bond donors (Lipinski definition) is 1. The van der Waals surface area contributed by atoms with Crippen LogP contribution in [0.4, 0.5) is 4.39 Å². The summed E-state index contributed by atoms with van der Waals surface area (Å²) in [6, 6.07) is 6.01. The van der Waals surface area contributed by atoms with Crippen LogP contribution in [0.1, 0.15) is 36.0 Å². The van der Waals surface area contributed by atoms with Crippen LogP contribution < -0.4 is 5.32 Å². The van der Waals surface area contributed by atoms with Gasteiger partial charge in [0.25, 0.3) is 5.91 Å². The largest absolute Gasteiger partial charge is 0.378 e. The van der Waals surface area contributed by atoms with Gasteiger partial charge >= 0.3 is 0 Å². The Kier molecular flexibility index (Phi) is 4.70. The van der Waals surface area contributed by atoms with Crippen molar-refractivity contribution in [3.05, 3.63) is 35.6 Å². The molecule has 0 aliphatic carbocycles. The molecule has 0 spiro atoms. The Morgan fingerprint density at radius 2 is 2.22 bits per heavy atom. The van der Waals surface area contributed by atoms with Crippen molar-refractivity contribution in [3.8, 4) is 0 Å². The minimum Gasteiger partial charge on any atom is -0.378 e. The van der Waals surface area contributed by atoms with E-state index in [9.17, 15) is 9.18 Å². The van der Waals surface area contributed by atoms with Crippen LogP contribution in [0.2, 0.25) is 0 Å². The van der Waals surface area contributed by atoms with Crippen LogP contribution >= 0.6 is 0 Å². The van der Waals surface area contributed by atoms with Crippen molar-refractivity contribution in [1.29, 1.82) is 0 Å². The second kappa shape index (κ2) is 6.50. The average molecular weight is 251 g/mol. The number of halogens is 1. The standard InChI is InChI=1S/C14H18FNO2/c15-13-7-2-1-6-12(13)14(17)16-9-8-11-5-3-4-10-18-11/h1-2,6-7,11H,3-5,8-10H2,(H,16,17). The van der Waals surface area contributed by atoms with Crippen molar-refractivity contribution in [3.63, 3.8) is 0 Å². The summed E-state index contributed by atoms with van der Waals surface area (Å²) in [7, 11) is 0. The lowest BCUT2D eigenvalue weighted by Gasteiger charge is -2.22. The molecule has 1 aliphatic heterocycles. The Bertz CT molecular complexity index is 403. The zero-order chi connectivity index (χ0) is 12.8. The van der Waals surface area contributed by atoms with Crippen LogP contribution in [0, 0.1) is 5.82 Å². The SMILES string of the molecule is O=C(NCCC1CCCCO1)c1ccccc1F. The van der Waals surface area contributed by atoms with Gasteiger partial charge < -0.3 is 10.1 Å². The smallest absolute Gasteiger partial charge is 0.254 e. The molecule has 1 atom stereocenters. The van der Waals surface area contributed by atoms with Crippen molar-refractivity contribution < 1.29 is 13.9 Å². The van der Waals surface area contributed by atoms with E-state index in [0.717, 1.165) is 25.9 Å². The van der Waals surface area contributed by atoms with E-state index in [1.54, 1.807) is 12.1 Å². The first-order valence-corrected chi connectivity index (χ1v) is 6.41. The van der Waals surface area contributed by atoms with Crippen molar-refractivity contribution >= 4 is 5.91 Å². The number of benzene rings is 1. The van der Waals surface area contributed by atoms with Gasteiger partial charge in [0.1, 0.15) is 5.82 Å². The lowest BCUT2D eigenvalue weighted by molar-refractivity contribution is 0.0117. The van der Waals surface area contributed by atoms with E-state index in [0.29, 0.717) is 6.54 Å². The molecule has 1 unspecified atom stereocenters. The molecule has 0 bridgehead atoms. The number of carbonyl (C=O) groups excluding carboxylic acids is 1. The molecule has 1 amide bonds. The number of ether oxygens (including phenoxy) is 1. The van der Waals surface area contributed by atoms with E-state index >= 15 is 0 Å². The molecule has 1 saturated heterocycles. The first-order valence-electron chi connectivity index (χ1n) is 6.41. The van der Waals surface area contributed by atoms with Gasteiger partial charge in [-0.1, -0.05) is 12.1 Å². The van der Waals surface area contributed by atoms with Gasteiger partial charge in [0, 0.05) is 13.2 Å². The number of amides is 1. The van der Waals surface area contributed by atoms with E-state index in [1.165, 1.54) is 18.6 Å². The van der Waals surface area contributed by atoms with Gasteiger partial charge in [0.2, 0.25) is 0 Å². The van der Waals surface area contributed by atoms with Gasteiger partial charge in [0.05, 0.1) is 11.7 Å². The molecule has 18 heavy (non-hydrogen) atoms. The Morgan fingerprint density at radius 1 is 1.39 bits per heavy atom. The lowest BCUT2D eigenvalue weighted by atomic mass is 10.1. The highest BCUT2D eigenvalue weighted by atomic mass is 19.1. The summed E-state index contributed by atoms with van der Waals surface area (Å²) in [4.78, 5) is 11.7. The first-order chi connectivity index (χ1) is 8.77. The van der Waals surface area contributed by atoms with Crippen LogP contribution in [0.5, 0.6) is 0 Å². The predicted octanol–water partition coefficient (Wildman–Crippen LogP) is 2.51. The van der Waals surface area contributed by atoms with Gasteiger partial charge in [-0.05, 0) is 37.8 Å². The fraction of sp³-hybridized carbons (Fsp3) is 0.500. The molecular weight excluding hydrogens is 233 g/mol. The lowest BCUT2D eigenvalue weighted by Crippen LogP contribution is -2.29. The third kappa shape index (κ3) is 3.53. The third-order valence-corrected chi connectivity index (χ3v) is 3.14. The Hall–Kier alpha value is -1.42. The zero-order valence-corrected chi connectivity index (χ0v) is 10.3. The molecule has 0 aromatic heterocycles. The topological polar surface area (TPSA) is 38.3 Å². The van der Waals surface area contributed by atoms with Gasteiger partial charge in [0.15, 0.2) is 0 Å². The molecule has 1 N–H and O–H groups in total. The quantitative estimate of drug-likeness (QED) is 0.893. The van der Waals surface area contributed by atoms with Crippen LogP contribution in [0.15, 0.2) is 24.3 Å². The molecule has 1 aromatic carbocycles. The average Bonchev–Trinajstić information content (AvgIpc) is 2.40. The second-order valence-electron chi connectivity index (χ2n) is 4.51. The van der Waals surface area contributed by atoms with Crippen LogP contribution in [0.25, 0.3) is 0 Å². The Morgan fingerprint density at radius 3 is 2.94 bits per heavy atom. The molecule has 1 aromatic rings. The first kappa shape index (κ1) is 13.0. The minimum atomic E-state index is -0.482. The summed E-state index contributed by atoms with van der Waals surface area (Å²) in [6.45, 7) is 1.34. The van der Waals surface area contributed by atoms with Crippen LogP contribution in [-0.2, 0) is 4.74 Å². The van der Waals surface area contributed by atoms with E-state index in [4.69, 9.17) is 4.74 Å². The van der Waals surface area contributed by atoms with Gasteiger partial charge in [-0.15, -0.1) is 0 Å². The van der Waals surface area contributed by atoms with Crippen molar-refractivity contribution in [2.75, 3.05) is 13.2 Å². The molecule has 1 aliphatic rings. The van der Waals surface area contributed by atoms with Crippen molar-refractivity contribution in [2.45, 2.75) is 31.8 Å². The molecular formula is C14H18FNO2. The molecule has 2 rings (SSSR count). The van der Waals surface area contributed by atoms with E-state index in [-0.39, 0.29) is 17.6 Å². The van der Waals surface area contributed by atoms with Gasteiger partial charge in [-0.2, -0.15) is 0 Å². The third-order valence-electron chi connectivity index (χ3n) is 3.14. The van der Waals surface area contributed by atoms with Crippen LogP contribution in [0.3, 0.4) is 0 Å².